The fraction of sp³-hybridized carbons (Fsp3) is 0.760. The third-order valence-electron chi connectivity index (χ3n) is 6.86. The first-order valence-electron chi connectivity index (χ1n) is 12.0. The molecule has 30 heavy (non-hydrogen) atoms. The van der Waals surface area contributed by atoms with Crippen LogP contribution in [0.2, 0.25) is 0 Å². The molecular formula is C25H36O5. The van der Waals surface area contributed by atoms with Gasteiger partial charge in [0.15, 0.2) is 17.4 Å². The zero-order chi connectivity index (χ0) is 21.3. The second kappa shape index (κ2) is 8.96. The van der Waals surface area contributed by atoms with Crippen LogP contribution in [-0.2, 0) is 23.8 Å². The van der Waals surface area contributed by atoms with Gasteiger partial charge in [0.1, 0.15) is 11.5 Å². The number of ketones is 2. The number of rotatable bonds is 7. The molecule has 0 aromatic heterocycles. The van der Waals surface area contributed by atoms with E-state index in [9.17, 15) is 9.59 Å². The monoisotopic (exact) mass is 416 g/mol. The summed E-state index contributed by atoms with van der Waals surface area (Å²) in [5, 5.41) is 0. The first kappa shape index (κ1) is 21.8. The molecule has 2 aliphatic carbocycles. The Bertz CT molecular complexity index is 718. The Morgan fingerprint density at radius 3 is 2.03 bits per heavy atom. The van der Waals surface area contributed by atoms with E-state index < -0.39 is 5.79 Å². The van der Waals surface area contributed by atoms with E-state index in [-0.39, 0.29) is 29.7 Å². The lowest BCUT2D eigenvalue weighted by Gasteiger charge is -2.37. The summed E-state index contributed by atoms with van der Waals surface area (Å²) in [6.07, 6.45) is 10.5. The molecule has 2 atom stereocenters. The maximum atomic E-state index is 12.9. The molecule has 0 N–H and O–H groups in total. The molecule has 4 aliphatic rings. The van der Waals surface area contributed by atoms with E-state index in [2.05, 4.69) is 6.92 Å². The minimum Gasteiger partial charge on any atom is -0.465 e. The lowest BCUT2D eigenvalue weighted by atomic mass is 9.73. The average molecular weight is 417 g/mol. The molecule has 1 fully saturated rings. The van der Waals surface area contributed by atoms with Gasteiger partial charge in [-0.2, -0.15) is 0 Å². The van der Waals surface area contributed by atoms with Crippen molar-refractivity contribution in [2.24, 2.45) is 5.92 Å². The van der Waals surface area contributed by atoms with Gasteiger partial charge in [0, 0.05) is 42.7 Å². The van der Waals surface area contributed by atoms with Crippen LogP contribution in [0.4, 0.5) is 0 Å². The zero-order valence-corrected chi connectivity index (χ0v) is 18.8. The van der Waals surface area contributed by atoms with Gasteiger partial charge in [0.25, 0.3) is 0 Å². The molecule has 0 radical (unpaired) electrons. The Balaban J connectivity index is 1.59. The summed E-state index contributed by atoms with van der Waals surface area (Å²) in [6.45, 7) is 6.14. The van der Waals surface area contributed by atoms with Crippen molar-refractivity contribution in [3.63, 3.8) is 0 Å². The highest BCUT2D eigenvalue weighted by molar-refractivity contribution is 6.04. The van der Waals surface area contributed by atoms with Crippen LogP contribution < -0.4 is 0 Å². The van der Waals surface area contributed by atoms with Crippen LogP contribution in [0, 0.1) is 5.92 Å². The number of Topliss-reactive ketones (excluding diaryl/α,β-unsaturated/α-hetero) is 2. The van der Waals surface area contributed by atoms with Gasteiger partial charge in [-0.25, -0.2) is 0 Å². The van der Waals surface area contributed by atoms with E-state index in [4.69, 9.17) is 14.2 Å². The normalized spacial score (nSPS) is 29.2. The van der Waals surface area contributed by atoms with Gasteiger partial charge < -0.3 is 14.2 Å². The van der Waals surface area contributed by atoms with E-state index in [0.29, 0.717) is 19.3 Å². The standard InChI is InChI=1S/C25H36O5/c1-4-5-6-7-12-19-22(30-25(2,3)29-19)15-16-23-17(26)10-8-13-20(23)28-21-14-9-11-18(27)24(16)21/h16,19,22H,4-15H2,1-3H3/t19-,22-/m0/s1. The van der Waals surface area contributed by atoms with Crippen molar-refractivity contribution in [2.75, 3.05) is 0 Å². The van der Waals surface area contributed by atoms with E-state index in [1.807, 2.05) is 13.8 Å². The van der Waals surface area contributed by atoms with Crippen LogP contribution in [0.3, 0.4) is 0 Å². The zero-order valence-electron chi connectivity index (χ0n) is 18.8. The summed E-state index contributed by atoms with van der Waals surface area (Å²) in [4.78, 5) is 25.8. The molecule has 2 aliphatic heterocycles. The summed E-state index contributed by atoms with van der Waals surface area (Å²) >= 11 is 0. The SMILES string of the molecule is CCCCCC[C@@H]1OC(C)(C)O[C@H]1CC1C2=C(CCCC2=O)OC2=C1C(=O)CCC2. The van der Waals surface area contributed by atoms with Gasteiger partial charge in [0.05, 0.1) is 12.2 Å². The molecule has 4 rings (SSSR count). The maximum Gasteiger partial charge on any atom is 0.163 e. The average Bonchev–Trinajstić information content (AvgIpc) is 2.98. The minimum absolute atomic E-state index is 0.00480. The molecule has 5 nitrogen and oxygen atoms in total. The Kier molecular flexibility index (Phi) is 6.50. The van der Waals surface area contributed by atoms with Crippen LogP contribution >= 0.6 is 0 Å². The van der Waals surface area contributed by atoms with E-state index in [0.717, 1.165) is 61.2 Å². The van der Waals surface area contributed by atoms with Crippen molar-refractivity contribution in [2.45, 2.75) is 116 Å². The Hall–Kier alpha value is -1.46. The molecule has 0 saturated carbocycles. The molecule has 0 aromatic carbocycles. The highest BCUT2D eigenvalue weighted by Crippen LogP contribution is 2.46. The van der Waals surface area contributed by atoms with Gasteiger partial charge in [-0.15, -0.1) is 0 Å². The summed E-state index contributed by atoms with van der Waals surface area (Å²) in [6, 6.07) is 0. The summed E-state index contributed by atoms with van der Waals surface area (Å²) in [5.41, 5.74) is 1.49. The Morgan fingerprint density at radius 2 is 1.43 bits per heavy atom. The van der Waals surface area contributed by atoms with Crippen LogP contribution in [0.5, 0.6) is 0 Å². The highest BCUT2D eigenvalue weighted by Gasteiger charge is 2.47. The van der Waals surface area contributed by atoms with Crippen molar-refractivity contribution >= 4 is 11.6 Å². The van der Waals surface area contributed by atoms with E-state index in [1.54, 1.807) is 0 Å². The lowest BCUT2D eigenvalue weighted by molar-refractivity contribution is -0.147. The number of carbonyl (C=O) groups excluding carboxylic acids is 2. The van der Waals surface area contributed by atoms with Crippen molar-refractivity contribution in [1.82, 2.24) is 0 Å². The molecular weight excluding hydrogens is 380 g/mol. The third kappa shape index (κ3) is 4.43. The number of ether oxygens (including phenoxy) is 3. The highest BCUT2D eigenvalue weighted by atomic mass is 16.7. The smallest absolute Gasteiger partial charge is 0.163 e. The molecule has 0 unspecified atom stereocenters. The Labute approximate surface area is 180 Å². The van der Waals surface area contributed by atoms with Gasteiger partial charge in [-0.3, -0.25) is 9.59 Å². The van der Waals surface area contributed by atoms with Gasteiger partial charge >= 0.3 is 0 Å². The summed E-state index contributed by atoms with van der Waals surface area (Å²) in [7, 11) is 0. The lowest BCUT2D eigenvalue weighted by Crippen LogP contribution is -2.35. The summed E-state index contributed by atoms with van der Waals surface area (Å²) < 4.78 is 18.7. The van der Waals surface area contributed by atoms with Crippen LogP contribution in [0.1, 0.15) is 97.8 Å². The van der Waals surface area contributed by atoms with Gasteiger partial charge in [-0.1, -0.05) is 32.6 Å². The topological polar surface area (TPSA) is 61.8 Å². The predicted octanol–water partition coefficient (Wildman–Crippen LogP) is 5.53. The second-order valence-electron chi connectivity index (χ2n) is 9.68. The van der Waals surface area contributed by atoms with Crippen molar-refractivity contribution < 1.29 is 23.8 Å². The number of allylic oxidation sites excluding steroid dienone is 4. The molecule has 0 aromatic rings. The van der Waals surface area contributed by atoms with E-state index >= 15 is 0 Å². The predicted molar refractivity (Wildman–Crippen MR) is 114 cm³/mol. The first-order chi connectivity index (χ1) is 14.4. The third-order valence-corrected chi connectivity index (χ3v) is 6.86. The van der Waals surface area contributed by atoms with Crippen molar-refractivity contribution in [3.8, 4) is 0 Å². The number of hydrogen-bond donors (Lipinski definition) is 0. The largest absolute Gasteiger partial charge is 0.465 e. The molecule has 0 spiro atoms. The van der Waals surface area contributed by atoms with Crippen LogP contribution in [0.15, 0.2) is 22.7 Å². The molecule has 0 bridgehead atoms. The van der Waals surface area contributed by atoms with Gasteiger partial charge in [0.2, 0.25) is 0 Å². The van der Waals surface area contributed by atoms with Crippen LogP contribution in [0.25, 0.3) is 0 Å². The van der Waals surface area contributed by atoms with Gasteiger partial charge in [-0.05, 0) is 39.5 Å². The number of unbranched alkanes of at least 4 members (excludes halogenated alkanes) is 3. The molecule has 0 amide bonds. The minimum atomic E-state index is -0.632. The molecule has 5 heteroatoms. The molecule has 1 saturated heterocycles. The quantitative estimate of drug-likeness (QED) is 0.511. The number of hydrogen-bond acceptors (Lipinski definition) is 5. The van der Waals surface area contributed by atoms with Crippen molar-refractivity contribution in [3.05, 3.63) is 22.7 Å². The fourth-order valence-electron chi connectivity index (χ4n) is 5.54. The van der Waals surface area contributed by atoms with E-state index in [1.165, 1.54) is 19.3 Å². The van der Waals surface area contributed by atoms with Crippen LogP contribution in [-0.4, -0.2) is 29.6 Å². The fourth-order valence-corrected chi connectivity index (χ4v) is 5.54. The Morgan fingerprint density at radius 1 is 0.833 bits per heavy atom. The molecule has 166 valence electrons. The summed E-state index contributed by atoms with van der Waals surface area (Å²) in [5.74, 6) is 1.06. The second-order valence-corrected chi connectivity index (χ2v) is 9.68. The first-order valence-corrected chi connectivity index (χ1v) is 12.0. The maximum absolute atomic E-state index is 12.9. The van der Waals surface area contributed by atoms with Crippen molar-refractivity contribution in [1.29, 1.82) is 0 Å². The number of carbonyl (C=O) groups is 2. The molecule has 2 heterocycles.